The third-order valence-electron chi connectivity index (χ3n) is 10.2. The second kappa shape index (κ2) is 10.6. The average molecular weight is 651 g/mol. The molecule has 0 aromatic heterocycles. The molecule has 49 heavy (non-hydrogen) atoms. The molecule has 0 saturated heterocycles. The number of imide groups is 2. The minimum atomic E-state index is -0.378. The van der Waals surface area contributed by atoms with Crippen LogP contribution in [0.25, 0.3) is 0 Å². The maximum absolute atomic E-state index is 12.3. The molecule has 0 radical (unpaired) electrons. The molecular weight excluding hydrogens is 616 g/mol. The van der Waals surface area contributed by atoms with Gasteiger partial charge in [0.15, 0.2) is 0 Å². The van der Waals surface area contributed by atoms with Gasteiger partial charge < -0.3 is 9.47 Å². The summed E-state index contributed by atoms with van der Waals surface area (Å²) in [6, 6.07) is 26.6. The molecule has 2 heterocycles. The third-order valence-corrected chi connectivity index (χ3v) is 10.2. The molecule has 8 heteroatoms. The Hall–Kier alpha value is -5.76. The number of nitrogens with zero attached hydrogens (tertiary/aromatic N) is 2. The summed E-state index contributed by atoms with van der Waals surface area (Å²) >= 11 is 0. The molecule has 0 fully saturated rings. The van der Waals surface area contributed by atoms with Crippen molar-refractivity contribution >= 4 is 35.0 Å². The second-order valence-corrected chi connectivity index (χ2v) is 14.5. The number of carbonyl (C=O) groups excluding carboxylic acids is 4. The number of ether oxygens (including phenoxy) is 2. The lowest BCUT2D eigenvalue weighted by Gasteiger charge is -2.30. The number of benzene rings is 4. The smallest absolute Gasteiger partial charge is 0.258 e. The zero-order chi connectivity index (χ0) is 34.3. The molecule has 244 valence electrons. The van der Waals surface area contributed by atoms with E-state index in [1.165, 1.54) is 46.6 Å². The van der Waals surface area contributed by atoms with Crippen LogP contribution >= 0.6 is 0 Å². The Balaban J connectivity index is 1.15. The highest BCUT2D eigenvalue weighted by Gasteiger charge is 2.56. The number of carbonyl (C=O) groups is 4. The standard InChI is InChI=1S/C41H34N2O6/c1-39(2)23-41(33-21-29(11-13-31(33)39)48-27-9-5-7-25(19-27)42-35(44)15-16-36(42)45)24-40(3,4)32-14-12-30(22-34(32)41)49-28-10-6-8-26(20-28)43-37(46)17-18-38(43)47/h5-22H,23-24H2,1-4H3. The molecule has 0 N–H and O–H groups in total. The Bertz CT molecular complexity index is 2000. The summed E-state index contributed by atoms with van der Waals surface area (Å²) in [6.45, 7) is 9.15. The van der Waals surface area contributed by atoms with Crippen LogP contribution in [0, 0.1) is 0 Å². The number of amides is 4. The number of rotatable bonds is 6. The van der Waals surface area contributed by atoms with Crippen molar-refractivity contribution in [2.45, 2.75) is 56.8 Å². The lowest BCUT2D eigenvalue weighted by atomic mass is 9.72. The minimum absolute atomic E-state index is 0.108. The largest absolute Gasteiger partial charge is 0.457 e. The van der Waals surface area contributed by atoms with Gasteiger partial charge in [0, 0.05) is 41.9 Å². The van der Waals surface area contributed by atoms with Crippen LogP contribution in [0.15, 0.2) is 109 Å². The van der Waals surface area contributed by atoms with Crippen molar-refractivity contribution < 1.29 is 28.7 Å². The Morgan fingerprint density at radius 2 is 0.837 bits per heavy atom. The van der Waals surface area contributed by atoms with Gasteiger partial charge in [-0.1, -0.05) is 52.0 Å². The van der Waals surface area contributed by atoms with Gasteiger partial charge in [0.25, 0.3) is 23.6 Å². The van der Waals surface area contributed by atoms with Gasteiger partial charge in [-0.2, -0.15) is 0 Å². The van der Waals surface area contributed by atoms with E-state index in [-0.39, 0.29) is 39.9 Å². The van der Waals surface area contributed by atoms with E-state index in [4.69, 9.17) is 9.47 Å². The van der Waals surface area contributed by atoms with Crippen LogP contribution in [0.1, 0.15) is 62.8 Å². The normalized spacial score (nSPS) is 19.3. The molecule has 1 spiro atoms. The molecule has 4 amide bonds. The maximum Gasteiger partial charge on any atom is 0.258 e. The van der Waals surface area contributed by atoms with Gasteiger partial charge in [0.2, 0.25) is 0 Å². The highest BCUT2D eigenvalue weighted by atomic mass is 16.5. The van der Waals surface area contributed by atoms with Crippen molar-refractivity contribution in [2.24, 2.45) is 0 Å². The maximum atomic E-state index is 12.3. The number of fused-ring (bicyclic) bond motifs is 4. The van der Waals surface area contributed by atoms with Crippen molar-refractivity contribution in [1.82, 2.24) is 0 Å². The molecule has 4 aliphatic rings. The van der Waals surface area contributed by atoms with Crippen LogP contribution < -0.4 is 19.3 Å². The third kappa shape index (κ3) is 4.89. The fraction of sp³-hybridized carbons (Fsp3) is 0.220. The summed E-state index contributed by atoms with van der Waals surface area (Å²) in [6.07, 6.45) is 6.88. The molecule has 0 bridgehead atoms. The van der Waals surface area contributed by atoms with E-state index >= 15 is 0 Å². The predicted octanol–water partition coefficient (Wildman–Crippen LogP) is 7.78. The summed E-state index contributed by atoms with van der Waals surface area (Å²) in [5, 5.41) is 0. The van der Waals surface area contributed by atoms with Crippen molar-refractivity contribution in [3.63, 3.8) is 0 Å². The van der Waals surface area contributed by atoms with Gasteiger partial charge in [0.05, 0.1) is 11.4 Å². The van der Waals surface area contributed by atoms with Crippen LogP contribution in [-0.2, 0) is 35.4 Å². The monoisotopic (exact) mass is 650 g/mol. The molecule has 4 aromatic carbocycles. The minimum Gasteiger partial charge on any atom is -0.457 e. The van der Waals surface area contributed by atoms with Crippen molar-refractivity contribution in [1.29, 1.82) is 0 Å². The van der Waals surface area contributed by atoms with Crippen LogP contribution in [0.2, 0.25) is 0 Å². The molecule has 2 aliphatic carbocycles. The van der Waals surface area contributed by atoms with E-state index in [1.807, 2.05) is 24.3 Å². The first-order valence-electron chi connectivity index (χ1n) is 16.3. The van der Waals surface area contributed by atoms with Crippen molar-refractivity contribution in [2.75, 3.05) is 9.80 Å². The molecular formula is C41H34N2O6. The summed E-state index contributed by atoms with van der Waals surface area (Å²) in [5.41, 5.74) is 5.35. The van der Waals surface area contributed by atoms with Crippen molar-refractivity contribution in [3.8, 4) is 23.0 Å². The first-order valence-corrected chi connectivity index (χ1v) is 16.3. The van der Waals surface area contributed by atoms with Gasteiger partial charge in [-0.15, -0.1) is 0 Å². The van der Waals surface area contributed by atoms with Gasteiger partial charge >= 0.3 is 0 Å². The van der Waals surface area contributed by atoms with E-state index in [0.29, 0.717) is 34.4 Å². The number of hydrogen-bond donors (Lipinski definition) is 0. The first kappa shape index (κ1) is 30.6. The molecule has 8 nitrogen and oxygen atoms in total. The SMILES string of the molecule is CC1(C)CC2(CC(C)(C)c3ccc(Oc4cccc(N5C(=O)C=CC5=O)c4)cc32)c2cc(Oc3cccc(N4C(=O)C=CC4=O)c3)ccc21. The van der Waals surface area contributed by atoms with Gasteiger partial charge in [0.1, 0.15) is 23.0 Å². The van der Waals surface area contributed by atoms with E-state index in [9.17, 15) is 19.2 Å². The highest BCUT2D eigenvalue weighted by Crippen LogP contribution is 2.63. The Kier molecular flexibility index (Phi) is 6.63. The van der Waals surface area contributed by atoms with E-state index in [1.54, 1.807) is 36.4 Å². The first-order chi connectivity index (χ1) is 23.3. The van der Waals surface area contributed by atoms with E-state index in [2.05, 4.69) is 52.0 Å². The zero-order valence-corrected chi connectivity index (χ0v) is 27.7. The molecule has 2 aliphatic heterocycles. The van der Waals surface area contributed by atoms with Gasteiger partial charge in [-0.3, -0.25) is 19.2 Å². The highest BCUT2D eigenvalue weighted by molar-refractivity contribution is 6.28. The quantitative estimate of drug-likeness (QED) is 0.198. The second-order valence-electron chi connectivity index (χ2n) is 14.5. The summed E-state index contributed by atoms with van der Waals surface area (Å²) < 4.78 is 12.8. The summed E-state index contributed by atoms with van der Waals surface area (Å²) in [5.74, 6) is 0.868. The fourth-order valence-corrected chi connectivity index (χ4v) is 8.39. The summed E-state index contributed by atoms with van der Waals surface area (Å²) in [4.78, 5) is 51.5. The molecule has 0 saturated carbocycles. The average Bonchev–Trinajstić information content (AvgIpc) is 3.71. The zero-order valence-electron chi connectivity index (χ0n) is 27.7. The lowest BCUT2D eigenvalue weighted by Crippen LogP contribution is -2.29. The Labute approximate surface area is 284 Å². The predicted molar refractivity (Wildman–Crippen MR) is 185 cm³/mol. The van der Waals surface area contributed by atoms with Crippen LogP contribution in [-0.4, -0.2) is 23.6 Å². The topological polar surface area (TPSA) is 93.2 Å². The number of anilines is 2. The van der Waals surface area contributed by atoms with E-state index in [0.717, 1.165) is 22.6 Å². The van der Waals surface area contributed by atoms with Crippen molar-refractivity contribution in [3.05, 3.63) is 131 Å². The van der Waals surface area contributed by atoms with Gasteiger partial charge in [-0.05, 0) is 94.5 Å². The molecule has 0 atom stereocenters. The molecule has 4 aromatic rings. The lowest BCUT2D eigenvalue weighted by molar-refractivity contribution is -0.121. The van der Waals surface area contributed by atoms with Crippen LogP contribution in [0.4, 0.5) is 11.4 Å². The van der Waals surface area contributed by atoms with Crippen LogP contribution in [0.5, 0.6) is 23.0 Å². The number of hydrogen-bond acceptors (Lipinski definition) is 6. The summed E-state index contributed by atoms with van der Waals surface area (Å²) in [7, 11) is 0. The molecule has 0 unspecified atom stereocenters. The van der Waals surface area contributed by atoms with E-state index < -0.39 is 0 Å². The molecule has 8 rings (SSSR count). The fourth-order valence-electron chi connectivity index (χ4n) is 8.39. The van der Waals surface area contributed by atoms with Gasteiger partial charge in [-0.25, -0.2) is 9.80 Å². The Morgan fingerprint density at radius 1 is 0.469 bits per heavy atom. The van der Waals surface area contributed by atoms with Crippen LogP contribution in [0.3, 0.4) is 0 Å². The Morgan fingerprint density at radius 3 is 1.22 bits per heavy atom.